The van der Waals surface area contributed by atoms with Gasteiger partial charge in [-0.15, -0.1) is 0 Å². The second-order valence-corrected chi connectivity index (χ2v) is 9.99. The molecule has 0 amide bonds. The molecule has 0 bridgehead atoms. The highest BCUT2D eigenvalue weighted by molar-refractivity contribution is 5.41. The molecule has 0 spiro atoms. The minimum atomic E-state index is -0.885. The first kappa shape index (κ1) is 29.3. The normalized spacial score (nSPS) is 15.0. The first-order chi connectivity index (χ1) is 18.1. The van der Waals surface area contributed by atoms with Gasteiger partial charge in [-0.05, 0) is 49.3 Å². The van der Waals surface area contributed by atoms with E-state index in [1.54, 1.807) is 18.5 Å². The first-order valence-corrected chi connectivity index (χ1v) is 14.3. The molecular weight excluding hydrogens is 474 g/mol. The third-order valence-electron chi connectivity index (χ3n) is 6.94. The molecule has 0 saturated carbocycles. The molecule has 0 N–H and O–H groups in total. The number of rotatable bonds is 18. The Hall–Kier alpha value is -2.28. The number of aryl methyl sites for hydroxylation is 1. The third-order valence-corrected chi connectivity index (χ3v) is 6.94. The largest absolute Gasteiger partial charge is 0.490 e. The second-order valence-electron chi connectivity index (χ2n) is 9.99. The highest BCUT2D eigenvalue weighted by atomic mass is 19.2. The molecule has 0 aliphatic heterocycles. The summed E-state index contributed by atoms with van der Waals surface area (Å²) in [5, 5.41) is 0. The molecule has 1 aromatic carbocycles. The van der Waals surface area contributed by atoms with Gasteiger partial charge in [-0.25, -0.2) is 14.4 Å². The molecule has 0 saturated heterocycles. The van der Waals surface area contributed by atoms with Crippen molar-refractivity contribution in [3.8, 4) is 11.5 Å². The van der Waals surface area contributed by atoms with E-state index >= 15 is 0 Å². The summed E-state index contributed by atoms with van der Waals surface area (Å²) in [6.07, 6.45) is 16.2. The predicted octanol–water partition coefficient (Wildman–Crippen LogP) is 7.74. The highest BCUT2D eigenvalue weighted by Gasteiger charge is 2.28. The number of halogens is 2. The number of aromatic nitrogens is 2. The maximum Gasteiger partial charge on any atom is 0.200 e. The van der Waals surface area contributed by atoms with Gasteiger partial charge in [0.25, 0.3) is 0 Å². The fourth-order valence-corrected chi connectivity index (χ4v) is 4.72. The lowest BCUT2D eigenvalue weighted by molar-refractivity contribution is 0.116. The molecule has 2 aromatic rings. The molecule has 7 heteroatoms. The Morgan fingerprint density at radius 2 is 1.43 bits per heavy atom. The van der Waals surface area contributed by atoms with Gasteiger partial charge in [0.15, 0.2) is 17.3 Å². The Kier molecular flexibility index (Phi) is 13.1. The molecule has 1 aromatic heterocycles. The van der Waals surface area contributed by atoms with Crippen LogP contribution in [0.1, 0.15) is 107 Å². The summed E-state index contributed by atoms with van der Waals surface area (Å²) in [5.41, 5.74) is 1.24. The molecule has 37 heavy (non-hydrogen) atoms. The molecule has 206 valence electrons. The fourth-order valence-electron chi connectivity index (χ4n) is 4.72. The second kappa shape index (κ2) is 16.5. The lowest BCUT2D eigenvalue weighted by atomic mass is 9.83. The monoisotopic (exact) mass is 518 g/mol. The molecular formula is C30H44F2N2O3. The van der Waals surface area contributed by atoms with E-state index in [2.05, 4.69) is 23.8 Å². The molecule has 1 aliphatic rings. The van der Waals surface area contributed by atoms with Crippen LogP contribution in [0.25, 0.3) is 0 Å². The molecule has 0 fully saturated rings. The van der Waals surface area contributed by atoms with Gasteiger partial charge in [0.1, 0.15) is 5.82 Å². The van der Waals surface area contributed by atoms with E-state index in [0.29, 0.717) is 49.8 Å². The summed E-state index contributed by atoms with van der Waals surface area (Å²) in [4.78, 5) is 8.92. The summed E-state index contributed by atoms with van der Waals surface area (Å²) in [7, 11) is 0. The molecule has 0 radical (unpaired) electrons. The van der Waals surface area contributed by atoms with E-state index in [-0.39, 0.29) is 11.7 Å². The van der Waals surface area contributed by atoms with E-state index in [1.807, 2.05) is 0 Å². The van der Waals surface area contributed by atoms with Gasteiger partial charge in [-0.1, -0.05) is 58.8 Å². The van der Waals surface area contributed by atoms with Gasteiger partial charge >= 0.3 is 0 Å². The van der Waals surface area contributed by atoms with Crippen molar-refractivity contribution < 1.29 is 23.0 Å². The lowest BCUT2D eigenvalue weighted by Crippen LogP contribution is -2.18. The van der Waals surface area contributed by atoms with E-state index in [9.17, 15) is 8.78 Å². The van der Waals surface area contributed by atoms with Crippen LogP contribution in [0.15, 0.2) is 18.5 Å². The van der Waals surface area contributed by atoms with Crippen molar-refractivity contribution in [2.75, 3.05) is 26.4 Å². The third kappa shape index (κ3) is 9.51. The summed E-state index contributed by atoms with van der Waals surface area (Å²) < 4.78 is 46.6. The van der Waals surface area contributed by atoms with Crippen LogP contribution < -0.4 is 9.47 Å². The summed E-state index contributed by atoms with van der Waals surface area (Å²) in [6, 6.07) is 1.69. The molecule has 5 nitrogen and oxygen atoms in total. The van der Waals surface area contributed by atoms with Crippen molar-refractivity contribution in [2.45, 2.75) is 103 Å². The van der Waals surface area contributed by atoms with Gasteiger partial charge in [-0.3, -0.25) is 0 Å². The number of nitrogens with zero attached hydrogens (tertiary/aromatic N) is 2. The number of hydrogen-bond acceptors (Lipinski definition) is 5. The lowest BCUT2D eigenvalue weighted by Gasteiger charge is -2.25. The van der Waals surface area contributed by atoms with Crippen LogP contribution in [0.3, 0.4) is 0 Å². The van der Waals surface area contributed by atoms with Gasteiger partial charge in [0.2, 0.25) is 5.82 Å². The zero-order valence-corrected chi connectivity index (χ0v) is 22.7. The molecule has 1 aliphatic carbocycles. The van der Waals surface area contributed by atoms with Crippen LogP contribution in [-0.4, -0.2) is 36.4 Å². The van der Waals surface area contributed by atoms with Crippen LogP contribution >= 0.6 is 0 Å². The Labute approximate surface area is 221 Å². The van der Waals surface area contributed by atoms with Crippen molar-refractivity contribution in [2.24, 2.45) is 0 Å². The number of unbranched alkanes of at least 4 members (excludes halogenated alkanes) is 7. The maximum atomic E-state index is 15.0. The van der Waals surface area contributed by atoms with Crippen molar-refractivity contribution in [3.63, 3.8) is 0 Å². The van der Waals surface area contributed by atoms with E-state index in [4.69, 9.17) is 14.2 Å². The fraction of sp³-hybridized carbons (Fsp3) is 0.667. The Bertz CT molecular complexity index is 924. The van der Waals surface area contributed by atoms with E-state index in [1.165, 1.54) is 32.1 Å². The van der Waals surface area contributed by atoms with E-state index in [0.717, 1.165) is 50.7 Å². The predicted molar refractivity (Wildman–Crippen MR) is 142 cm³/mol. The average molecular weight is 519 g/mol. The smallest absolute Gasteiger partial charge is 0.200 e. The molecule has 1 atom stereocenters. The number of fused-ring (bicyclic) bond motifs is 1. The molecule has 1 heterocycles. The van der Waals surface area contributed by atoms with Crippen LogP contribution in [0.4, 0.5) is 8.78 Å². The van der Waals surface area contributed by atoms with Crippen LogP contribution in [-0.2, 0) is 17.6 Å². The standard InChI is InChI=1S/C30H44F2N2O3/c1-3-5-7-8-9-11-17-37-27-20-23-13-14-24(19-26(23)28(31)29(27)32)30-33-21-25(22-34-30)36-18-12-16-35-15-10-6-4-2/h20-22,24H,3-19H2,1-2H3. The quantitative estimate of drug-likeness (QED) is 0.189. The van der Waals surface area contributed by atoms with Gasteiger partial charge in [0, 0.05) is 25.6 Å². The first-order valence-electron chi connectivity index (χ1n) is 14.3. The minimum Gasteiger partial charge on any atom is -0.490 e. The van der Waals surface area contributed by atoms with Crippen LogP contribution in [0.2, 0.25) is 0 Å². The Morgan fingerprint density at radius 1 is 0.784 bits per heavy atom. The SMILES string of the molecule is CCCCCCCCOc1cc2c(c(F)c1F)CC(c1ncc(OCCCOCCCCC)cn1)CC2. The zero-order chi connectivity index (χ0) is 26.3. The van der Waals surface area contributed by atoms with Crippen molar-refractivity contribution >= 4 is 0 Å². The number of benzene rings is 1. The zero-order valence-electron chi connectivity index (χ0n) is 22.7. The van der Waals surface area contributed by atoms with E-state index < -0.39 is 11.6 Å². The molecule has 1 unspecified atom stereocenters. The van der Waals surface area contributed by atoms with Crippen LogP contribution in [0, 0.1) is 11.6 Å². The summed E-state index contributed by atoms with van der Waals surface area (Å²) in [6.45, 7) is 6.80. The summed E-state index contributed by atoms with van der Waals surface area (Å²) >= 11 is 0. The topological polar surface area (TPSA) is 53.5 Å². The van der Waals surface area contributed by atoms with Crippen molar-refractivity contribution in [1.29, 1.82) is 0 Å². The van der Waals surface area contributed by atoms with Crippen molar-refractivity contribution in [1.82, 2.24) is 9.97 Å². The Morgan fingerprint density at radius 3 is 2.22 bits per heavy atom. The Balaban J connectivity index is 1.45. The molecule has 3 rings (SSSR count). The minimum absolute atomic E-state index is 0.0346. The van der Waals surface area contributed by atoms with Crippen molar-refractivity contribution in [3.05, 3.63) is 47.0 Å². The summed E-state index contributed by atoms with van der Waals surface area (Å²) in [5.74, 6) is -0.452. The van der Waals surface area contributed by atoms with Gasteiger partial charge < -0.3 is 14.2 Å². The number of hydrogen-bond donors (Lipinski definition) is 0. The van der Waals surface area contributed by atoms with Gasteiger partial charge in [0.05, 0.1) is 25.6 Å². The average Bonchev–Trinajstić information content (AvgIpc) is 2.92. The van der Waals surface area contributed by atoms with Gasteiger partial charge in [-0.2, -0.15) is 4.39 Å². The highest BCUT2D eigenvalue weighted by Crippen LogP contribution is 2.36. The number of ether oxygens (including phenoxy) is 3. The van der Waals surface area contributed by atoms with Crippen LogP contribution in [0.5, 0.6) is 11.5 Å². The maximum absolute atomic E-state index is 15.0.